The van der Waals surface area contributed by atoms with Crippen LogP contribution in [0, 0.1) is 6.92 Å². The monoisotopic (exact) mass is 368 g/mol. The summed E-state index contributed by atoms with van der Waals surface area (Å²) in [5, 5.41) is 3.03. The van der Waals surface area contributed by atoms with Crippen LogP contribution in [-0.4, -0.2) is 44.2 Å². The van der Waals surface area contributed by atoms with Crippen molar-refractivity contribution in [2.45, 2.75) is 25.8 Å². The topological polar surface area (TPSA) is 50.8 Å². The van der Waals surface area contributed by atoms with E-state index < -0.39 is 0 Å². The molecule has 1 fully saturated rings. The number of ether oxygens (including phenoxy) is 2. The highest BCUT2D eigenvalue weighted by Crippen LogP contribution is 2.27. The lowest BCUT2D eigenvalue weighted by Gasteiger charge is -2.28. The minimum absolute atomic E-state index is 0.0217. The fraction of sp³-hybridized carbons (Fsp3) is 0.409. The molecule has 1 atom stereocenters. The van der Waals surface area contributed by atoms with Gasteiger partial charge >= 0.3 is 0 Å². The zero-order chi connectivity index (χ0) is 19.1. The maximum Gasteiger partial charge on any atom is 0.258 e. The molecule has 27 heavy (non-hydrogen) atoms. The summed E-state index contributed by atoms with van der Waals surface area (Å²) in [6.45, 7) is 4.71. The molecule has 2 aromatic carbocycles. The smallest absolute Gasteiger partial charge is 0.258 e. The number of amides is 1. The second-order valence-electron chi connectivity index (χ2n) is 6.94. The summed E-state index contributed by atoms with van der Waals surface area (Å²) >= 11 is 0. The van der Waals surface area contributed by atoms with Gasteiger partial charge in [0.1, 0.15) is 11.5 Å². The van der Waals surface area contributed by atoms with E-state index in [-0.39, 0.29) is 18.6 Å². The number of benzene rings is 2. The van der Waals surface area contributed by atoms with E-state index in [0.717, 1.165) is 24.4 Å². The highest BCUT2D eigenvalue weighted by atomic mass is 16.5. The number of carbonyl (C=O) groups excluding carboxylic acids is 1. The summed E-state index contributed by atoms with van der Waals surface area (Å²) in [6, 6.07) is 15.9. The van der Waals surface area contributed by atoms with Gasteiger partial charge in [-0.3, -0.25) is 9.69 Å². The molecule has 0 saturated carbocycles. The van der Waals surface area contributed by atoms with Crippen molar-refractivity contribution in [2.75, 3.05) is 33.4 Å². The molecular formula is C22H28N2O3. The molecule has 5 nitrogen and oxygen atoms in total. The Hall–Kier alpha value is -2.53. The van der Waals surface area contributed by atoms with Crippen LogP contribution in [0.2, 0.25) is 0 Å². The van der Waals surface area contributed by atoms with Crippen LogP contribution in [-0.2, 0) is 4.79 Å². The minimum atomic E-state index is -0.109. The molecule has 1 amide bonds. The van der Waals surface area contributed by atoms with Crippen LogP contribution >= 0.6 is 0 Å². The Labute approximate surface area is 161 Å². The molecule has 144 valence electrons. The van der Waals surface area contributed by atoms with Crippen LogP contribution in [0.3, 0.4) is 0 Å². The number of nitrogens with one attached hydrogen (secondary N) is 1. The predicted octanol–water partition coefficient (Wildman–Crippen LogP) is 3.34. The second-order valence-corrected chi connectivity index (χ2v) is 6.94. The van der Waals surface area contributed by atoms with Gasteiger partial charge in [-0.05, 0) is 62.7 Å². The largest absolute Gasteiger partial charge is 0.497 e. The van der Waals surface area contributed by atoms with Gasteiger partial charge < -0.3 is 14.8 Å². The van der Waals surface area contributed by atoms with E-state index in [0.29, 0.717) is 12.3 Å². The molecule has 0 spiro atoms. The lowest BCUT2D eigenvalue weighted by atomic mass is 10.0. The highest BCUT2D eigenvalue weighted by molar-refractivity contribution is 5.77. The van der Waals surface area contributed by atoms with Crippen molar-refractivity contribution in [3.05, 3.63) is 59.7 Å². The number of likely N-dealkylation sites (tertiary alicyclic amines) is 1. The Balaban J connectivity index is 1.58. The third kappa shape index (κ3) is 5.47. The molecule has 1 saturated heterocycles. The molecule has 1 N–H and O–H groups in total. The van der Waals surface area contributed by atoms with E-state index in [1.807, 2.05) is 43.3 Å². The van der Waals surface area contributed by atoms with E-state index >= 15 is 0 Å². The van der Waals surface area contributed by atoms with Crippen molar-refractivity contribution in [2.24, 2.45) is 0 Å². The highest BCUT2D eigenvalue weighted by Gasteiger charge is 2.24. The lowest BCUT2D eigenvalue weighted by Crippen LogP contribution is -2.38. The zero-order valence-corrected chi connectivity index (χ0v) is 16.1. The van der Waals surface area contributed by atoms with Gasteiger partial charge in [0.25, 0.3) is 5.91 Å². The SMILES string of the molecule is COc1cccc(C(CNC(=O)COc2ccc(C)cc2)N2CCCC2)c1. The summed E-state index contributed by atoms with van der Waals surface area (Å²) in [6.07, 6.45) is 2.40. The van der Waals surface area contributed by atoms with Crippen molar-refractivity contribution in [3.63, 3.8) is 0 Å². The molecule has 0 bridgehead atoms. The lowest BCUT2D eigenvalue weighted by molar-refractivity contribution is -0.123. The summed E-state index contributed by atoms with van der Waals surface area (Å²) in [7, 11) is 1.67. The number of rotatable bonds is 8. The summed E-state index contributed by atoms with van der Waals surface area (Å²) < 4.78 is 10.9. The van der Waals surface area contributed by atoms with E-state index in [9.17, 15) is 4.79 Å². The molecule has 0 aromatic heterocycles. The van der Waals surface area contributed by atoms with Gasteiger partial charge in [0.15, 0.2) is 6.61 Å². The second kappa shape index (κ2) is 9.42. The summed E-state index contributed by atoms with van der Waals surface area (Å²) in [5.74, 6) is 1.44. The molecule has 0 radical (unpaired) electrons. The predicted molar refractivity (Wildman–Crippen MR) is 106 cm³/mol. The van der Waals surface area contributed by atoms with Crippen LogP contribution in [0.15, 0.2) is 48.5 Å². The maximum atomic E-state index is 12.3. The maximum absolute atomic E-state index is 12.3. The zero-order valence-electron chi connectivity index (χ0n) is 16.1. The van der Waals surface area contributed by atoms with Crippen molar-refractivity contribution >= 4 is 5.91 Å². The van der Waals surface area contributed by atoms with E-state index in [1.165, 1.54) is 18.4 Å². The number of methoxy groups -OCH3 is 1. The number of aryl methyl sites for hydroxylation is 1. The van der Waals surface area contributed by atoms with E-state index in [2.05, 4.69) is 22.3 Å². The number of carbonyl (C=O) groups is 1. The normalized spacial score (nSPS) is 15.3. The molecule has 2 aromatic rings. The fourth-order valence-corrected chi connectivity index (χ4v) is 3.40. The van der Waals surface area contributed by atoms with Crippen LogP contribution in [0.5, 0.6) is 11.5 Å². The Bertz CT molecular complexity index is 739. The molecule has 5 heteroatoms. The van der Waals surface area contributed by atoms with Crippen LogP contribution in [0.1, 0.15) is 30.0 Å². The quantitative estimate of drug-likeness (QED) is 0.776. The minimum Gasteiger partial charge on any atom is -0.497 e. The van der Waals surface area contributed by atoms with Crippen LogP contribution < -0.4 is 14.8 Å². The van der Waals surface area contributed by atoms with Gasteiger partial charge in [-0.1, -0.05) is 29.8 Å². The number of hydrogen-bond acceptors (Lipinski definition) is 4. The first-order chi connectivity index (χ1) is 13.2. The molecule has 3 rings (SSSR count). The Kier molecular flexibility index (Phi) is 6.71. The number of hydrogen-bond donors (Lipinski definition) is 1. The first kappa shape index (κ1) is 19.2. The van der Waals surface area contributed by atoms with Gasteiger partial charge in [0.2, 0.25) is 0 Å². The molecule has 1 heterocycles. The number of nitrogens with zero attached hydrogens (tertiary/aromatic N) is 1. The Morgan fingerprint density at radius 2 is 1.85 bits per heavy atom. The first-order valence-corrected chi connectivity index (χ1v) is 9.50. The van der Waals surface area contributed by atoms with E-state index in [4.69, 9.17) is 9.47 Å². The van der Waals surface area contributed by atoms with Gasteiger partial charge in [0, 0.05) is 6.54 Å². The van der Waals surface area contributed by atoms with Gasteiger partial charge in [-0.2, -0.15) is 0 Å². The third-order valence-electron chi connectivity index (χ3n) is 4.94. The van der Waals surface area contributed by atoms with Crippen molar-refractivity contribution in [3.8, 4) is 11.5 Å². The van der Waals surface area contributed by atoms with Gasteiger partial charge in [-0.25, -0.2) is 0 Å². The summed E-state index contributed by atoms with van der Waals surface area (Å²) in [4.78, 5) is 14.7. The van der Waals surface area contributed by atoms with Gasteiger partial charge in [0.05, 0.1) is 13.2 Å². The third-order valence-corrected chi connectivity index (χ3v) is 4.94. The average Bonchev–Trinajstić information content (AvgIpc) is 3.22. The van der Waals surface area contributed by atoms with Crippen LogP contribution in [0.4, 0.5) is 0 Å². The molecule has 1 aliphatic rings. The molecular weight excluding hydrogens is 340 g/mol. The van der Waals surface area contributed by atoms with Crippen molar-refractivity contribution < 1.29 is 14.3 Å². The average molecular weight is 368 g/mol. The standard InChI is InChI=1S/C22H28N2O3/c1-17-8-10-19(11-9-17)27-16-22(25)23-15-21(24-12-3-4-13-24)18-6-5-7-20(14-18)26-2/h5-11,14,21H,3-4,12-13,15-16H2,1-2H3,(H,23,25). The fourth-order valence-electron chi connectivity index (χ4n) is 3.40. The first-order valence-electron chi connectivity index (χ1n) is 9.50. The Morgan fingerprint density at radius 3 is 2.56 bits per heavy atom. The van der Waals surface area contributed by atoms with E-state index in [1.54, 1.807) is 7.11 Å². The Morgan fingerprint density at radius 1 is 1.11 bits per heavy atom. The van der Waals surface area contributed by atoms with Gasteiger partial charge in [-0.15, -0.1) is 0 Å². The van der Waals surface area contributed by atoms with Crippen molar-refractivity contribution in [1.82, 2.24) is 10.2 Å². The molecule has 1 aliphatic heterocycles. The molecule has 0 aliphatic carbocycles. The van der Waals surface area contributed by atoms with Crippen LogP contribution in [0.25, 0.3) is 0 Å². The molecule has 1 unspecified atom stereocenters. The summed E-state index contributed by atoms with van der Waals surface area (Å²) in [5.41, 5.74) is 2.33. The van der Waals surface area contributed by atoms with Crippen molar-refractivity contribution in [1.29, 1.82) is 0 Å².